The molecule has 1 aromatic rings. The molecule has 1 fully saturated rings. The number of Topliss-reactive ketones (excluding diaryl/α,β-unsaturated/α-hetero) is 1. The lowest BCUT2D eigenvalue weighted by molar-refractivity contribution is 0.0747. The van der Waals surface area contributed by atoms with Gasteiger partial charge in [-0.1, -0.05) is 38.1 Å². The summed E-state index contributed by atoms with van der Waals surface area (Å²) in [5.41, 5.74) is 2.12. The zero-order chi connectivity index (χ0) is 14.7. The van der Waals surface area contributed by atoms with Gasteiger partial charge in [0.2, 0.25) is 0 Å². The zero-order valence-corrected chi connectivity index (χ0v) is 13.1. The topological polar surface area (TPSA) is 23.6 Å². The van der Waals surface area contributed by atoms with Crippen molar-refractivity contribution < 1.29 is 4.79 Å². The van der Waals surface area contributed by atoms with Crippen LogP contribution in [0, 0.1) is 0 Å². The van der Waals surface area contributed by atoms with Crippen molar-refractivity contribution in [3.63, 3.8) is 0 Å². The van der Waals surface area contributed by atoms with Crippen molar-refractivity contribution in [1.29, 1.82) is 0 Å². The van der Waals surface area contributed by atoms with Gasteiger partial charge in [0.15, 0.2) is 5.78 Å². The van der Waals surface area contributed by atoms with Crippen LogP contribution in [0.1, 0.15) is 42.6 Å². The molecule has 1 aromatic carbocycles. The molecule has 1 heterocycles. The van der Waals surface area contributed by atoms with Gasteiger partial charge in [-0.2, -0.15) is 0 Å². The number of ketones is 1. The maximum Gasteiger partial charge on any atom is 0.176 e. The molecule has 3 nitrogen and oxygen atoms in total. The third-order valence-electron chi connectivity index (χ3n) is 4.21. The fourth-order valence-electron chi connectivity index (χ4n) is 2.74. The molecule has 1 saturated heterocycles. The fraction of sp³-hybridized carbons (Fsp3) is 0.588. The van der Waals surface area contributed by atoms with Gasteiger partial charge in [0.05, 0.1) is 6.54 Å². The number of piperazine rings is 1. The number of rotatable bonds is 4. The van der Waals surface area contributed by atoms with Gasteiger partial charge >= 0.3 is 0 Å². The molecule has 110 valence electrons. The third kappa shape index (κ3) is 3.68. The van der Waals surface area contributed by atoms with Crippen LogP contribution in [-0.2, 0) is 0 Å². The lowest BCUT2D eigenvalue weighted by Gasteiger charge is -2.37. The number of nitrogens with zero attached hydrogens (tertiary/aromatic N) is 2. The zero-order valence-electron chi connectivity index (χ0n) is 13.1. The standard InChI is InChI=1S/C17H26N2O/c1-13(2)15-5-7-16(8-6-15)17(20)12-19-10-9-18(4)11-14(19)3/h5-8,13-14H,9-12H2,1-4H3. The van der Waals surface area contributed by atoms with Crippen LogP contribution in [0.2, 0.25) is 0 Å². The van der Waals surface area contributed by atoms with E-state index in [1.807, 2.05) is 12.1 Å². The van der Waals surface area contributed by atoms with Gasteiger partial charge in [-0.25, -0.2) is 0 Å². The Balaban J connectivity index is 1.97. The van der Waals surface area contributed by atoms with Crippen molar-refractivity contribution in [3.8, 4) is 0 Å². The van der Waals surface area contributed by atoms with Gasteiger partial charge in [-0.15, -0.1) is 0 Å². The van der Waals surface area contributed by atoms with Crippen molar-refractivity contribution >= 4 is 5.78 Å². The quantitative estimate of drug-likeness (QED) is 0.789. The summed E-state index contributed by atoms with van der Waals surface area (Å²) in [6.45, 7) is 10.1. The Kier molecular flexibility index (Phi) is 4.95. The molecule has 20 heavy (non-hydrogen) atoms. The van der Waals surface area contributed by atoms with Crippen LogP contribution in [0.25, 0.3) is 0 Å². The minimum Gasteiger partial charge on any atom is -0.304 e. The molecule has 3 heteroatoms. The largest absolute Gasteiger partial charge is 0.304 e. The summed E-state index contributed by atoms with van der Waals surface area (Å²) < 4.78 is 0. The molecule has 0 bridgehead atoms. The number of hydrogen-bond acceptors (Lipinski definition) is 3. The molecule has 0 radical (unpaired) electrons. The van der Waals surface area contributed by atoms with Crippen LogP contribution < -0.4 is 0 Å². The van der Waals surface area contributed by atoms with E-state index in [0.29, 0.717) is 18.5 Å². The second kappa shape index (κ2) is 6.51. The maximum absolute atomic E-state index is 12.4. The Bertz CT molecular complexity index is 453. The molecular weight excluding hydrogens is 248 g/mol. The average Bonchev–Trinajstić information content (AvgIpc) is 2.42. The van der Waals surface area contributed by atoms with Gasteiger partial charge in [-0.05, 0) is 25.5 Å². The van der Waals surface area contributed by atoms with E-state index in [-0.39, 0.29) is 5.78 Å². The number of carbonyl (C=O) groups is 1. The Hall–Kier alpha value is -1.19. The van der Waals surface area contributed by atoms with Crippen molar-refractivity contribution in [2.75, 3.05) is 33.2 Å². The molecular formula is C17H26N2O. The van der Waals surface area contributed by atoms with E-state index in [4.69, 9.17) is 0 Å². The molecule has 1 atom stereocenters. The smallest absolute Gasteiger partial charge is 0.176 e. The van der Waals surface area contributed by atoms with Crippen LogP contribution in [0.15, 0.2) is 24.3 Å². The highest BCUT2D eigenvalue weighted by Crippen LogP contribution is 2.16. The molecule has 0 aliphatic carbocycles. The molecule has 0 N–H and O–H groups in total. The Morgan fingerprint density at radius 2 is 1.90 bits per heavy atom. The van der Waals surface area contributed by atoms with E-state index < -0.39 is 0 Å². The van der Waals surface area contributed by atoms with Crippen molar-refractivity contribution in [2.45, 2.75) is 32.7 Å². The minimum absolute atomic E-state index is 0.233. The summed E-state index contributed by atoms with van der Waals surface area (Å²) in [4.78, 5) is 17.0. The van der Waals surface area contributed by atoms with Gasteiger partial charge in [0.25, 0.3) is 0 Å². The van der Waals surface area contributed by atoms with E-state index in [1.165, 1.54) is 5.56 Å². The molecule has 0 amide bonds. The normalized spacial score (nSPS) is 21.4. The molecule has 0 saturated carbocycles. The van der Waals surface area contributed by atoms with E-state index in [1.54, 1.807) is 0 Å². The Morgan fingerprint density at radius 1 is 1.25 bits per heavy atom. The summed E-state index contributed by atoms with van der Waals surface area (Å²) in [5.74, 6) is 0.744. The molecule has 1 aliphatic heterocycles. The first-order valence-electron chi connectivity index (χ1n) is 7.53. The number of hydrogen-bond donors (Lipinski definition) is 0. The molecule has 2 rings (SSSR count). The first-order valence-corrected chi connectivity index (χ1v) is 7.53. The van der Waals surface area contributed by atoms with Gasteiger partial charge in [0.1, 0.15) is 0 Å². The highest BCUT2D eigenvalue weighted by atomic mass is 16.1. The Morgan fingerprint density at radius 3 is 2.45 bits per heavy atom. The summed E-state index contributed by atoms with van der Waals surface area (Å²) >= 11 is 0. The molecule has 1 aliphatic rings. The van der Waals surface area contributed by atoms with Crippen LogP contribution in [0.5, 0.6) is 0 Å². The lowest BCUT2D eigenvalue weighted by atomic mass is 10.00. The van der Waals surface area contributed by atoms with Gasteiger partial charge in [-0.3, -0.25) is 9.69 Å². The fourth-order valence-corrected chi connectivity index (χ4v) is 2.74. The highest BCUT2D eigenvalue weighted by Gasteiger charge is 2.23. The van der Waals surface area contributed by atoms with Crippen LogP contribution in [0.3, 0.4) is 0 Å². The minimum atomic E-state index is 0.233. The first-order chi connectivity index (χ1) is 9.47. The summed E-state index contributed by atoms with van der Waals surface area (Å²) in [6, 6.07) is 8.54. The summed E-state index contributed by atoms with van der Waals surface area (Å²) in [7, 11) is 2.14. The number of benzene rings is 1. The Labute approximate surface area is 122 Å². The monoisotopic (exact) mass is 274 g/mol. The van der Waals surface area contributed by atoms with E-state index in [9.17, 15) is 4.79 Å². The SMILES string of the molecule is CC(C)c1ccc(C(=O)CN2CCN(C)CC2C)cc1. The van der Waals surface area contributed by atoms with Crippen molar-refractivity contribution in [1.82, 2.24) is 9.80 Å². The lowest BCUT2D eigenvalue weighted by Crippen LogP contribution is -2.51. The van der Waals surface area contributed by atoms with Crippen LogP contribution in [0.4, 0.5) is 0 Å². The molecule has 0 spiro atoms. The van der Waals surface area contributed by atoms with Crippen LogP contribution >= 0.6 is 0 Å². The van der Waals surface area contributed by atoms with Gasteiger partial charge in [0, 0.05) is 31.2 Å². The van der Waals surface area contributed by atoms with E-state index >= 15 is 0 Å². The van der Waals surface area contributed by atoms with Crippen molar-refractivity contribution in [3.05, 3.63) is 35.4 Å². The molecule has 1 unspecified atom stereocenters. The predicted octanol–water partition coefficient (Wildman–Crippen LogP) is 2.63. The predicted molar refractivity (Wildman–Crippen MR) is 83.4 cm³/mol. The van der Waals surface area contributed by atoms with Gasteiger partial charge < -0.3 is 4.90 Å². The second-order valence-electron chi connectivity index (χ2n) is 6.28. The molecule has 0 aromatic heterocycles. The summed E-state index contributed by atoms with van der Waals surface area (Å²) in [5, 5.41) is 0. The highest BCUT2D eigenvalue weighted by molar-refractivity contribution is 5.97. The van der Waals surface area contributed by atoms with Crippen LogP contribution in [-0.4, -0.2) is 54.9 Å². The maximum atomic E-state index is 12.4. The first kappa shape index (κ1) is 15.2. The average molecular weight is 274 g/mol. The number of likely N-dealkylation sites (N-methyl/N-ethyl adjacent to an activating group) is 1. The third-order valence-corrected chi connectivity index (χ3v) is 4.21. The second-order valence-corrected chi connectivity index (χ2v) is 6.28. The van der Waals surface area contributed by atoms with E-state index in [0.717, 1.165) is 25.2 Å². The van der Waals surface area contributed by atoms with E-state index in [2.05, 4.69) is 49.8 Å². The number of carbonyl (C=O) groups excluding carboxylic acids is 1. The summed E-state index contributed by atoms with van der Waals surface area (Å²) in [6.07, 6.45) is 0. The van der Waals surface area contributed by atoms with Crippen molar-refractivity contribution in [2.24, 2.45) is 0 Å².